The van der Waals surface area contributed by atoms with Crippen molar-refractivity contribution in [1.29, 1.82) is 0 Å². The molecule has 2 rings (SSSR count). The minimum absolute atomic E-state index is 0.221. The summed E-state index contributed by atoms with van der Waals surface area (Å²) in [5.41, 5.74) is 2.48. The lowest BCUT2D eigenvalue weighted by Gasteiger charge is -2.18. The van der Waals surface area contributed by atoms with Gasteiger partial charge in [0.25, 0.3) is 0 Å². The third-order valence-electron chi connectivity index (χ3n) is 3.18. The summed E-state index contributed by atoms with van der Waals surface area (Å²) in [5, 5.41) is 6.72. The lowest BCUT2D eigenvalue weighted by atomic mass is 10.1. The molecule has 2 aromatic carbocycles. The van der Waals surface area contributed by atoms with Gasteiger partial charge in [-0.2, -0.15) is 0 Å². The zero-order valence-electron chi connectivity index (χ0n) is 12.0. The lowest BCUT2D eigenvalue weighted by Crippen LogP contribution is -2.38. The summed E-state index contributed by atoms with van der Waals surface area (Å²) in [5.74, 6) is 0.810. The van der Waals surface area contributed by atoms with Crippen LogP contribution in [-0.2, 0) is 6.54 Å². The van der Waals surface area contributed by atoms with Gasteiger partial charge in [-0.3, -0.25) is 4.99 Å². The van der Waals surface area contributed by atoms with E-state index in [1.54, 1.807) is 7.05 Å². The summed E-state index contributed by atoms with van der Waals surface area (Å²) in [6.45, 7) is 2.90. The number of nitrogens with zero attached hydrogens (tertiary/aromatic N) is 1. The topological polar surface area (TPSA) is 36.4 Å². The predicted octanol–water partition coefficient (Wildman–Crippen LogP) is 3.11. The molecule has 0 aliphatic rings. The van der Waals surface area contributed by atoms with Gasteiger partial charge >= 0.3 is 0 Å². The highest BCUT2D eigenvalue weighted by Gasteiger charge is 2.06. The zero-order valence-corrected chi connectivity index (χ0v) is 12.0. The molecule has 0 bridgehead atoms. The fourth-order valence-electron chi connectivity index (χ4n) is 2.01. The van der Waals surface area contributed by atoms with Crippen molar-refractivity contribution >= 4 is 5.96 Å². The molecular formula is C17H21N3. The number of hydrogen-bond acceptors (Lipinski definition) is 1. The van der Waals surface area contributed by atoms with Crippen LogP contribution in [0.4, 0.5) is 0 Å². The van der Waals surface area contributed by atoms with Gasteiger partial charge in [-0.05, 0) is 18.1 Å². The number of hydrogen-bond donors (Lipinski definition) is 2. The fourth-order valence-corrected chi connectivity index (χ4v) is 2.01. The van der Waals surface area contributed by atoms with E-state index in [0.717, 1.165) is 12.5 Å². The van der Waals surface area contributed by atoms with Gasteiger partial charge in [0, 0.05) is 13.6 Å². The minimum atomic E-state index is 0.221. The normalized spacial score (nSPS) is 12.8. The van der Waals surface area contributed by atoms with Crippen LogP contribution in [0.15, 0.2) is 65.7 Å². The fraction of sp³-hybridized carbons (Fsp3) is 0.235. The summed E-state index contributed by atoms with van der Waals surface area (Å²) >= 11 is 0. The van der Waals surface area contributed by atoms with Gasteiger partial charge in [-0.25, -0.2) is 0 Å². The highest BCUT2D eigenvalue weighted by atomic mass is 15.2. The molecule has 0 saturated carbocycles. The molecule has 0 aromatic heterocycles. The van der Waals surface area contributed by atoms with Gasteiger partial charge in [0.2, 0.25) is 0 Å². The molecule has 104 valence electrons. The van der Waals surface area contributed by atoms with Crippen molar-refractivity contribution in [1.82, 2.24) is 10.6 Å². The molecule has 0 aliphatic heterocycles. The molecule has 0 fully saturated rings. The minimum Gasteiger partial charge on any atom is -0.352 e. The largest absolute Gasteiger partial charge is 0.352 e. The Bertz CT molecular complexity index is 535. The second kappa shape index (κ2) is 7.34. The van der Waals surface area contributed by atoms with Crippen LogP contribution in [0.25, 0.3) is 0 Å². The Morgan fingerprint density at radius 3 is 2.20 bits per heavy atom. The average Bonchev–Trinajstić information content (AvgIpc) is 2.53. The van der Waals surface area contributed by atoms with Crippen LogP contribution < -0.4 is 10.6 Å². The van der Waals surface area contributed by atoms with Crippen molar-refractivity contribution in [3.63, 3.8) is 0 Å². The van der Waals surface area contributed by atoms with Gasteiger partial charge < -0.3 is 10.6 Å². The molecular weight excluding hydrogens is 246 g/mol. The van der Waals surface area contributed by atoms with Crippen LogP contribution in [0.5, 0.6) is 0 Å². The van der Waals surface area contributed by atoms with Gasteiger partial charge in [0.1, 0.15) is 0 Å². The summed E-state index contributed by atoms with van der Waals surface area (Å²) in [7, 11) is 1.79. The van der Waals surface area contributed by atoms with Gasteiger partial charge in [-0.1, -0.05) is 60.7 Å². The molecule has 3 nitrogen and oxygen atoms in total. The van der Waals surface area contributed by atoms with E-state index in [9.17, 15) is 0 Å². The molecule has 20 heavy (non-hydrogen) atoms. The highest BCUT2D eigenvalue weighted by molar-refractivity contribution is 5.80. The van der Waals surface area contributed by atoms with Gasteiger partial charge in [-0.15, -0.1) is 0 Å². The van der Waals surface area contributed by atoms with E-state index >= 15 is 0 Å². The Hall–Kier alpha value is -2.29. The molecule has 3 heteroatoms. The van der Waals surface area contributed by atoms with Crippen LogP contribution in [-0.4, -0.2) is 13.0 Å². The Balaban J connectivity index is 1.90. The van der Waals surface area contributed by atoms with Crippen molar-refractivity contribution < 1.29 is 0 Å². The first-order valence-corrected chi connectivity index (χ1v) is 6.85. The van der Waals surface area contributed by atoms with Gasteiger partial charge in [0.15, 0.2) is 5.96 Å². The third-order valence-corrected chi connectivity index (χ3v) is 3.18. The van der Waals surface area contributed by atoms with Crippen molar-refractivity contribution in [2.75, 3.05) is 7.05 Å². The van der Waals surface area contributed by atoms with E-state index in [1.807, 2.05) is 36.4 Å². The Labute approximate surface area is 120 Å². The first-order chi connectivity index (χ1) is 9.79. The highest BCUT2D eigenvalue weighted by Crippen LogP contribution is 2.10. The molecule has 2 aromatic rings. The Morgan fingerprint density at radius 2 is 1.60 bits per heavy atom. The van der Waals surface area contributed by atoms with Crippen LogP contribution in [0.3, 0.4) is 0 Å². The van der Waals surface area contributed by atoms with E-state index < -0.39 is 0 Å². The molecule has 2 N–H and O–H groups in total. The molecule has 0 radical (unpaired) electrons. The van der Waals surface area contributed by atoms with E-state index in [4.69, 9.17) is 0 Å². The van der Waals surface area contributed by atoms with E-state index in [1.165, 1.54) is 11.1 Å². The molecule has 0 heterocycles. The van der Waals surface area contributed by atoms with E-state index in [2.05, 4.69) is 46.8 Å². The molecule has 0 amide bonds. The molecule has 0 unspecified atom stereocenters. The monoisotopic (exact) mass is 267 g/mol. The standard InChI is InChI=1S/C17H21N3/c1-14(16-11-7-4-8-12-16)20-17(18-2)19-13-15-9-5-3-6-10-15/h3-12,14H,13H2,1-2H3,(H2,18,19,20)/t14-/m1/s1. The zero-order chi connectivity index (χ0) is 14.2. The predicted molar refractivity (Wildman–Crippen MR) is 84.6 cm³/mol. The molecule has 0 spiro atoms. The molecule has 0 saturated heterocycles. The van der Waals surface area contributed by atoms with Gasteiger partial charge in [0.05, 0.1) is 6.04 Å². The number of guanidine groups is 1. The van der Waals surface area contributed by atoms with E-state index in [-0.39, 0.29) is 6.04 Å². The van der Waals surface area contributed by atoms with Crippen molar-refractivity contribution in [2.45, 2.75) is 19.5 Å². The maximum atomic E-state index is 4.26. The van der Waals surface area contributed by atoms with E-state index in [0.29, 0.717) is 0 Å². The smallest absolute Gasteiger partial charge is 0.191 e. The number of rotatable bonds is 4. The van der Waals surface area contributed by atoms with Crippen LogP contribution >= 0.6 is 0 Å². The Kier molecular flexibility index (Phi) is 5.18. The summed E-state index contributed by atoms with van der Waals surface area (Å²) in [6.07, 6.45) is 0. The van der Waals surface area contributed by atoms with Crippen LogP contribution in [0.1, 0.15) is 24.1 Å². The first-order valence-electron chi connectivity index (χ1n) is 6.85. The number of nitrogens with one attached hydrogen (secondary N) is 2. The second-order valence-electron chi connectivity index (χ2n) is 4.69. The van der Waals surface area contributed by atoms with Crippen molar-refractivity contribution in [3.05, 3.63) is 71.8 Å². The average molecular weight is 267 g/mol. The summed E-state index contributed by atoms with van der Waals surface area (Å²) in [4.78, 5) is 4.26. The SMILES string of the molecule is CN=C(NCc1ccccc1)N[C@H](C)c1ccccc1. The maximum Gasteiger partial charge on any atom is 0.191 e. The molecule has 1 atom stereocenters. The van der Waals surface area contributed by atoms with Crippen molar-refractivity contribution in [3.8, 4) is 0 Å². The first kappa shape index (κ1) is 14.1. The number of aliphatic imine (C=N–C) groups is 1. The maximum absolute atomic E-state index is 4.26. The van der Waals surface area contributed by atoms with Crippen LogP contribution in [0, 0.1) is 0 Å². The Morgan fingerprint density at radius 1 is 1.00 bits per heavy atom. The van der Waals surface area contributed by atoms with Crippen molar-refractivity contribution in [2.24, 2.45) is 4.99 Å². The van der Waals surface area contributed by atoms with Crippen LogP contribution in [0.2, 0.25) is 0 Å². The third kappa shape index (κ3) is 4.12. The summed E-state index contributed by atoms with van der Waals surface area (Å²) in [6, 6.07) is 20.9. The lowest BCUT2D eigenvalue weighted by molar-refractivity contribution is 0.685. The quantitative estimate of drug-likeness (QED) is 0.659. The second-order valence-corrected chi connectivity index (χ2v) is 4.69. The summed E-state index contributed by atoms with van der Waals surface area (Å²) < 4.78 is 0. The number of benzene rings is 2. The molecule has 0 aliphatic carbocycles.